The van der Waals surface area contributed by atoms with E-state index in [-0.39, 0.29) is 17.2 Å². The summed E-state index contributed by atoms with van der Waals surface area (Å²) in [6.07, 6.45) is -4.82. The second kappa shape index (κ2) is 6.00. The van der Waals surface area contributed by atoms with Crippen LogP contribution in [0.1, 0.15) is 10.4 Å². The number of benzene rings is 2. The lowest BCUT2D eigenvalue weighted by Crippen LogP contribution is -2.18. The van der Waals surface area contributed by atoms with Gasteiger partial charge in [-0.15, -0.1) is 13.2 Å². The molecule has 9 heteroatoms. The normalized spacial score (nSPS) is 11.5. The summed E-state index contributed by atoms with van der Waals surface area (Å²) in [6, 6.07) is 9.97. The van der Waals surface area contributed by atoms with Crippen LogP contribution in [-0.4, -0.2) is 27.0 Å². The molecule has 2 N–H and O–H groups in total. The van der Waals surface area contributed by atoms with E-state index >= 15 is 0 Å². The van der Waals surface area contributed by atoms with Gasteiger partial charge in [0.1, 0.15) is 0 Å². The van der Waals surface area contributed by atoms with Gasteiger partial charge in [0.15, 0.2) is 5.75 Å². The number of aryl methyl sites for hydroxylation is 1. The Morgan fingerprint density at radius 3 is 2.64 bits per heavy atom. The Hall–Kier alpha value is -3.23. The number of nitrogens with one attached hydrogen (secondary N) is 1. The molecule has 0 spiro atoms. The molecule has 1 aromatic heterocycles. The molecule has 0 saturated heterocycles. The van der Waals surface area contributed by atoms with E-state index in [1.807, 2.05) is 0 Å². The standard InChI is InChI=1S/C16H12F3N3O3/c1-22-12-7-6-9(14(23)24)8-11(12)21-15(22)20-10-4-2-3-5-13(10)25-16(17,18)19/h2-8H,1H3,(H,20,21)(H,23,24). The van der Waals surface area contributed by atoms with Crippen LogP contribution in [-0.2, 0) is 7.05 Å². The Bertz CT molecular complexity index is 951. The fourth-order valence-corrected chi connectivity index (χ4v) is 2.35. The van der Waals surface area contributed by atoms with Crippen LogP contribution in [0.15, 0.2) is 42.5 Å². The summed E-state index contributed by atoms with van der Waals surface area (Å²) in [4.78, 5) is 15.3. The van der Waals surface area contributed by atoms with E-state index in [1.54, 1.807) is 23.7 Å². The first-order valence-corrected chi connectivity index (χ1v) is 7.06. The van der Waals surface area contributed by atoms with Crippen molar-refractivity contribution in [2.45, 2.75) is 6.36 Å². The highest BCUT2D eigenvalue weighted by molar-refractivity contribution is 5.93. The van der Waals surface area contributed by atoms with Crippen molar-refractivity contribution in [3.63, 3.8) is 0 Å². The summed E-state index contributed by atoms with van der Waals surface area (Å²) in [6.45, 7) is 0. The molecule has 6 nitrogen and oxygen atoms in total. The predicted molar refractivity (Wildman–Crippen MR) is 84.1 cm³/mol. The Morgan fingerprint density at radius 1 is 1.24 bits per heavy atom. The number of aromatic nitrogens is 2. The molecule has 3 aromatic rings. The van der Waals surface area contributed by atoms with Gasteiger partial charge in [-0.2, -0.15) is 0 Å². The number of carboxylic acid groups (broad SMARTS) is 1. The van der Waals surface area contributed by atoms with Crippen molar-refractivity contribution in [1.82, 2.24) is 9.55 Å². The number of alkyl halides is 3. The van der Waals surface area contributed by atoms with Crippen molar-refractivity contribution in [3.05, 3.63) is 48.0 Å². The van der Waals surface area contributed by atoms with Crippen LogP contribution in [0.25, 0.3) is 11.0 Å². The molecule has 0 saturated carbocycles. The summed E-state index contributed by atoms with van der Waals surface area (Å²) in [5.41, 5.74) is 1.18. The number of fused-ring (bicyclic) bond motifs is 1. The highest BCUT2D eigenvalue weighted by Gasteiger charge is 2.32. The smallest absolute Gasteiger partial charge is 0.478 e. The average molecular weight is 351 g/mol. The maximum Gasteiger partial charge on any atom is 0.573 e. The van der Waals surface area contributed by atoms with Gasteiger partial charge >= 0.3 is 12.3 Å². The summed E-state index contributed by atoms with van der Waals surface area (Å²) >= 11 is 0. The Morgan fingerprint density at radius 2 is 1.96 bits per heavy atom. The molecule has 1 heterocycles. The number of hydrogen-bond acceptors (Lipinski definition) is 4. The summed E-state index contributed by atoms with van der Waals surface area (Å²) in [7, 11) is 1.66. The molecule has 2 aromatic carbocycles. The third-order valence-electron chi connectivity index (χ3n) is 3.49. The van der Waals surface area contributed by atoms with Gasteiger partial charge in [0.25, 0.3) is 0 Å². The fourth-order valence-electron chi connectivity index (χ4n) is 2.35. The number of anilines is 2. The Kier molecular flexibility index (Phi) is 3.99. The number of carbonyl (C=O) groups is 1. The number of para-hydroxylation sites is 2. The molecule has 0 aliphatic rings. The predicted octanol–water partition coefficient (Wildman–Crippen LogP) is 3.91. The zero-order valence-corrected chi connectivity index (χ0v) is 12.8. The number of nitrogens with zero attached hydrogens (tertiary/aromatic N) is 2. The van der Waals surface area contributed by atoms with E-state index in [1.165, 1.54) is 30.3 Å². The van der Waals surface area contributed by atoms with Crippen LogP contribution < -0.4 is 10.1 Å². The molecular weight excluding hydrogens is 339 g/mol. The monoisotopic (exact) mass is 351 g/mol. The number of carboxylic acids is 1. The molecule has 0 amide bonds. The quantitative estimate of drug-likeness (QED) is 0.745. The summed E-state index contributed by atoms with van der Waals surface area (Å²) in [5, 5.41) is 11.8. The van der Waals surface area contributed by atoms with E-state index in [0.29, 0.717) is 11.0 Å². The maximum atomic E-state index is 12.5. The van der Waals surface area contributed by atoms with E-state index < -0.39 is 18.1 Å². The first-order valence-electron chi connectivity index (χ1n) is 7.06. The third-order valence-corrected chi connectivity index (χ3v) is 3.49. The lowest BCUT2D eigenvalue weighted by molar-refractivity contribution is -0.274. The van der Waals surface area contributed by atoms with Crippen molar-refractivity contribution in [3.8, 4) is 5.75 Å². The molecular formula is C16H12F3N3O3. The first-order chi connectivity index (χ1) is 11.7. The number of imidazole rings is 1. The van der Waals surface area contributed by atoms with Gasteiger partial charge in [-0.05, 0) is 30.3 Å². The summed E-state index contributed by atoms with van der Waals surface area (Å²) < 4.78 is 43.1. The largest absolute Gasteiger partial charge is 0.573 e. The number of aromatic carboxylic acids is 1. The Balaban J connectivity index is 1.99. The van der Waals surface area contributed by atoms with Gasteiger partial charge < -0.3 is 19.7 Å². The van der Waals surface area contributed by atoms with Crippen LogP contribution in [0.5, 0.6) is 5.75 Å². The molecule has 0 aliphatic carbocycles. The second-order valence-corrected chi connectivity index (χ2v) is 5.17. The molecule has 0 aliphatic heterocycles. The van der Waals surface area contributed by atoms with Crippen LogP contribution in [0.4, 0.5) is 24.8 Å². The minimum atomic E-state index is -4.82. The third kappa shape index (κ3) is 3.49. The highest BCUT2D eigenvalue weighted by Crippen LogP contribution is 2.32. The molecule has 0 atom stereocenters. The van der Waals surface area contributed by atoms with Crippen LogP contribution in [0.3, 0.4) is 0 Å². The van der Waals surface area contributed by atoms with Crippen molar-refractivity contribution < 1.29 is 27.8 Å². The number of ether oxygens (including phenoxy) is 1. The lowest BCUT2D eigenvalue weighted by atomic mass is 10.2. The zero-order chi connectivity index (χ0) is 18.2. The Labute approximate surface area is 139 Å². The molecule has 130 valence electrons. The second-order valence-electron chi connectivity index (χ2n) is 5.17. The molecule has 25 heavy (non-hydrogen) atoms. The number of hydrogen-bond donors (Lipinski definition) is 2. The van der Waals surface area contributed by atoms with E-state index in [4.69, 9.17) is 5.11 Å². The first kappa shape index (κ1) is 16.6. The zero-order valence-electron chi connectivity index (χ0n) is 12.8. The van der Waals surface area contributed by atoms with Gasteiger partial charge in [-0.25, -0.2) is 9.78 Å². The number of halogens is 3. The van der Waals surface area contributed by atoms with E-state index in [2.05, 4.69) is 15.0 Å². The molecule has 3 rings (SSSR count). The van der Waals surface area contributed by atoms with Crippen LogP contribution in [0, 0.1) is 0 Å². The molecule has 0 unspecified atom stereocenters. The van der Waals surface area contributed by atoms with Crippen LogP contribution >= 0.6 is 0 Å². The van der Waals surface area contributed by atoms with E-state index in [0.717, 1.165) is 0 Å². The minimum Gasteiger partial charge on any atom is -0.478 e. The highest BCUT2D eigenvalue weighted by atomic mass is 19.4. The van der Waals surface area contributed by atoms with Gasteiger partial charge in [0, 0.05) is 7.05 Å². The van der Waals surface area contributed by atoms with Crippen molar-refractivity contribution in [1.29, 1.82) is 0 Å². The van der Waals surface area contributed by atoms with Crippen molar-refractivity contribution in [2.75, 3.05) is 5.32 Å². The van der Waals surface area contributed by atoms with Gasteiger partial charge in [0.05, 0.1) is 22.3 Å². The molecule has 0 radical (unpaired) electrons. The fraction of sp³-hybridized carbons (Fsp3) is 0.125. The number of rotatable bonds is 4. The molecule has 0 fully saturated rings. The van der Waals surface area contributed by atoms with E-state index in [9.17, 15) is 18.0 Å². The van der Waals surface area contributed by atoms with Gasteiger partial charge in [0.2, 0.25) is 5.95 Å². The van der Waals surface area contributed by atoms with Crippen molar-refractivity contribution >= 4 is 28.6 Å². The SMILES string of the molecule is Cn1c(Nc2ccccc2OC(F)(F)F)nc2cc(C(=O)O)ccc21. The topological polar surface area (TPSA) is 76.4 Å². The summed E-state index contributed by atoms with van der Waals surface area (Å²) in [5.74, 6) is -1.24. The van der Waals surface area contributed by atoms with Crippen molar-refractivity contribution in [2.24, 2.45) is 7.05 Å². The maximum absolute atomic E-state index is 12.5. The van der Waals surface area contributed by atoms with Gasteiger partial charge in [-0.1, -0.05) is 12.1 Å². The van der Waals surface area contributed by atoms with Crippen LogP contribution in [0.2, 0.25) is 0 Å². The minimum absolute atomic E-state index is 0.0676. The lowest BCUT2D eigenvalue weighted by Gasteiger charge is -2.14. The van der Waals surface area contributed by atoms with Gasteiger partial charge in [-0.3, -0.25) is 0 Å². The average Bonchev–Trinajstić information content (AvgIpc) is 2.83. The molecule has 0 bridgehead atoms.